The van der Waals surface area contributed by atoms with E-state index in [1.165, 1.54) is 6.07 Å². The Hall–Kier alpha value is -2.11. The highest BCUT2D eigenvalue weighted by atomic mass is 16.6. The van der Waals surface area contributed by atoms with Crippen molar-refractivity contribution in [2.75, 3.05) is 11.9 Å². The van der Waals surface area contributed by atoms with E-state index in [2.05, 4.69) is 17.2 Å². The Labute approximate surface area is 104 Å². The predicted molar refractivity (Wildman–Crippen MR) is 68.7 cm³/mol. The van der Waals surface area contributed by atoms with Crippen LogP contribution in [0, 0.1) is 10.1 Å². The van der Waals surface area contributed by atoms with Crippen molar-refractivity contribution in [3.05, 3.63) is 28.3 Å². The van der Waals surface area contributed by atoms with Crippen LogP contribution in [0.15, 0.2) is 22.6 Å². The molecule has 0 bridgehead atoms. The summed E-state index contributed by atoms with van der Waals surface area (Å²) in [5.74, 6) is 0. The van der Waals surface area contributed by atoms with Crippen molar-refractivity contribution in [2.45, 2.75) is 26.2 Å². The molecule has 2 rings (SSSR count). The third-order valence-corrected chi connectivity index (χ3v) is 2.65. The fourth-order valence-electron chi connectivity index (χ4n) is 1.73. The minimum atomic E-state index is -0.453. The topological polar surface area (TPSA) is 81.2 Å². The number of fused-ring (bicyclic) bond motifs is 1. The maximum absolute atomic E-state index is 10.8. The average molecular weight is 249 g/mol. The first-order valence-corrected chi connectivity index (χ1v) is 6.00. The van der Waals surface area contributed by atoms with Crippen LogP contribution >= 0.6 is 0 Å². The number of unbranched alkanes of at least 4 members (excludes halogenated alkanes) is 2. The van der Waals surface area contributed by atoms with E-state index >= 15 is 0 Å². The molecular weight excluding hydrogens is 234 g/mol. The van der Waals surface area contributed by atoms with Gasteiger partial charge >= 0.3 is 0 Å². The van der Waals surface area contributed by atoms with Gasteiger partial charge in [0, 0.05) is 12.6 Å². The quantitative estimate of drug-likeness (QED) is 0.482. The molecule has 6 heteroatoms. The highest BCUT2D eigenvalue weighted by molar-refractivity contribution is 5.83. The van der Waals surface area contributed by atoms with Crippen molar-refractivity contribution >= 4 is 22.8 Å². The zero-order chi connectivity index (χ0) is 13.0. The van der Waals surface area contributed by atoms with Crippen molar-refractivity contribution in [3.8, 4) is 0 Å². The highest BCUT2D eigenvalue weighted by Crippen LogP contribution is 2.27. The lowest BCUT2D eigenvalue weighted by Crippen LogP contribution is -2.01. The smallest absolute Gasteiger partial charge is 0.298 e. The summed E-state index contributed by atoms with van der Waals surface area (Å²) < 4.78 is 5.41. The molecule has 6 nitrogen and oxygen atoms in total. The number of non-ortho nitro benzene ring substituents is 1. The molecule has 1 N–H and O–H groups in total. The number of para-hydroxylation sites is 1. The molecule has 0 aliphatic carbocycles. The van der Waals surface area contributed by atoms with E-state index in [-0.39, 0.29) is 5.69 Å². The number of nitrogens with one attached hydrogen (secondary N) is 1. The van der Waals surface area contributed by atoms with E-state index in [1.54, 1.807) is 12.1 Å². The van der Waals surface area contributed by atoms with Crippen LogP contribution in [0.3, 0.4) is 0 Å². The van der Waals surface area contributed by atoms with Gasteiger partial charge in [0.25, 0.3) is 11.7 Å². The van der Waals surface area contributed by atoms with Gasteiger partial charge in [-0.2, -0.15) is 4.98 Å². The molecular formula is C12H15N3O3. The fourth-order valence-corrected chi connectivity index (χ4v) is 1.73. The minimum absolute atomic E-state index is 0.0298. The van der Waals surface area contributed by atoms with Gasteiger partial charge in [-0.15, -0.1) is 0 Å². The molecule has 0 spiro atoms. The Bertz CT molecular complexity index is 550. The maximum atomic E-state index is 10.8. The number of hydrogen-bond acceptors (Lipinski definition) is 5. The van der Waals surface area contributed by atoms with Gasteiger partial charge in [0.1, 0.15) is 0 Å². The molecule has 1 heterocycles. The third kappa shape index (κ3) is 2.58. The van der Waals surface area contributed by atoms with Crippen molar-refractivity contribution in [1.29, 1.82) is 0 Å². The number of rotatable bonds is 6. The molecule has 0 saturated carbocycles. The van der Waals surface area contributed by atoms with Crippen LogP contribution in [0.2, 0.25) is 0 Å². The number of aromatic nitrogens is 1. The molecule has 18 heavy (non-hydrogen) atoms. The lowest BCUT2D eigenvalue weighted by atomic mass is 10.2. The van der Waals surface area contributed by atoms with Gasteiger partial charge in [-0.25, -0.2) is 0 Å². The molecule has 1 aromatic heterocycles. The Balaban J connectivity index is 2.17. The molecule has 0 fully saturated rings. The van der Waals surface area contributed by atoms with Crippen LogP contribution in [0.25, 0.3) is 11.1 Å². The molecule has 2 aromatic rings. The molecule has 0 saturated heterocycles. The monoisotopic (exact) mass is 249 g/mol. The van der Waals surface area contributed by atoms with Crippen molar-refractivity contribution in [3.63, 3.8) is 0 Å². The second-order valence-electron chi connectivity index (χ2n) is 4.03. The molecule has 0 aliphatic heterocycles. The molecule has 1 aromatic carbocycles. The van der Waals surface area contributed by atoms with Crippen LogP contribution in [-0.4, -0.2) is 16.5 Å². The van der Waals surface area contributed by atoms with Crippen LogP contribution in [0.4, 0.5) is 11.7 Å². The fraction of sp³-hybridized carbons (Fsp3) is 0.417. The first-order chi connectivity index (χ1) is 8.72. The lowest BCUT2D eigenvalue weighted by molar-refractivity contribution is -0.383. The van der Waals surface area contributed by atoms with Crippen LogP contribution in [0.1, 0.15) is 26.2 Å². The van der Waals surface area contributed by atoms with Crippen LogP contribution in [0.5, 0.6) is 0 Å². The van der Waals surface area contributed by atoms with Crippen molar-refractivity contribution < 1.29 is 9.34 Å². The molecule has 0 amide bonds. The first-order valence-electron chi connectivity index (χ1n) is 6.00. The molecule has 0 radical (unpaired) electrons. The van der Waals surface area contributed by atoms with E-state index < -0.39 is 4.92 Å². The van der Waals surface area contributed by atoms with E-state index in [4.69, 9.17) is 4.42 Å². The van der Waals surface area contributed by atoms with E-state index in [0.29, 0.717) is 17.1 Å². The predicted octanol–water partition coefficient (Wildman–Crippen LogP) is 3.34. The number of nitrogens with zero attached hydrogens (tertiary/aromatic N) is 2. The highest BCUT2D eigenvalue weighted by Gasteiger charge is 2.16. The summed E-state index contributed by atoms with van der Waals surface area (Å²) in [6, 6.07) is 5.03. The summed E-state index contributed by atoms with van der Waals surface area (Å²) >= 11 is 0. The standard InChI is InChI=1S/C12H15N3O3/c1-2-3-4-8-13-12-14-11-9(15(16)17)6-5-7-10(11)18-12/h5-7H,2-4,8H2,1H3,(H,13,14). The number of anilines is 1. The van der Waals surface area contributed by atoms with Gasteiger partial charge in [0.15, 0.2) is 11.1 Å². The molecule has 0 aliphatic rings. The Morgan fingerprint density at radius 1 is 1.44 bits per heavy atom. The lowest BCUT2D eigenvalue weighted by Gasteiger charge is -1.98. The van der Waals surface area contributed by atoms with E-state index in [9.17, 15) is 10.1 Å². The number of hydrogen-bond donors (Lipinski definition) is 1. The summed E-state index contributed by atoms with van der Waals surface area (Å²) in [5, 5.41) is 13.9. The van der Waals surface area contributed by atoms with Gasteiger partial charge < -0.3 is 9.73 Å². The summed E-state index contributed by atoms with van der Waals surface area (Å²) in [4.78, 5) is 14.5. The maximum Gasteiger partial charge on any atom is 0.298 e. The summed E-state index contributed by atoms with van der Waals surface area (Å²) in [5.41, 5.74) is 0.695. The van der Waals surface area contributed by atoms with Gasteiger partial charge in [0.05, 0.1) is 4.92 Å². The normalized spacial score (nSPS) is 10.7. The van der Waals surface area contributed by atoms with E-state index in [1.807, 2.05) is 0 Å². The molecule has 96 valence electrons. The summed E-state index contributed by atoms with van der Waals surface area (Å²) in [7, 11) is 0. The first kappa shape index (κ1) is 12.3. The Morgan fingerprint density at radius 3 is 3.00 bits per heavy atom. The minimum Gasteiger partial charge on any atom is -0.423 e. The van der Waals surface area contributed by atoms with Crippen molar-refractivity contribution in [1.82, 2.24) is 4.98 Å². The second-order valence-corrected chi connectivity index (χ2v) is 4.03. The number of benzene rings is 1. The summed E-state index contributed by atoms with van der Waals surface area (Å²) in [6.45, 7) is 2.89. The van der Waals surface area contributed by atoms with Gasteiger partial charge in [-0.1, -0.05) is 25.8 Å². The second kappa shape index (κ2) is 5.48. The molecule has 0 unspecified atom stereocenters. The Kier molecular flexibility index (Phi) is 3.76. The Morgan fingerprint density at radius 2 is 2.28 bits per heavy atom. The zero-order valence-corrected chi connectivity index (χ0v) is 10.2. The third-order valence-electron chi connectivity index (χ3n) is 2.65. The molecule has 0 atom stereocenters. The number of nitro benzene ring substituents is 1. The van der Waals surface area contributed by atoms with Gasteiger partial charge in [-0.3, -0.25) is 10.1 Å². The number of nitro groups is 1. The summed E-state index contributed by atoms with van der Waals surface area (Å²) in [6.07, 6.45) is 3.30. The van der Waals surface area contributed by atoms with Gasteiger partial charge in [-0.05, 0) is 12.5 Å². The SMILES string of the molecule is CCCCCNc1nc2c([N+](=O)[O-])cccc2o1. The van der Waals surface area contributed by atoms with Gasteiger partial charge in [0.2, 0.25) is 0 Å². The van der Waals surface area contributed by atoms with Crippen LogP contribution in [-0.2, 0) is 0 Å². The largest absolute Gasteiger partial charge is 0.423 e. The number of oxazole rings is 1. The zero-order valence-electron chi connectivity index (χ0n) is 10.2. The van der Waals surface area contributed by atoms with Crippen molar-refractivity contribution in [2.24, 2.45) is 0 Å². The average Bonchev–Trinajstić information content (AvgIpc) is 2.76. The van der Waals surface area contributed by atoms with Crippen LogP contribution < -0.4 is 5.32 Å². The van der Waals surface area contributed by atoms with E-state index in [0.717, 1.165) is 25.8 Å².